The highest BCUT2D eigenvalue weighted by Crippen LogP contribution is 2.14. The van der Waals surface area contributed by atoms with Gasteiger partial charge in [-0.25, -0.2) is 9.36 Å². The molecular weight excluding hydrogens is 358 g/mol. The van der Waals surface area contributed by atoms with Gasteiger partial charge in [0.05, 0.1) is 5.69 Å². The second kappa shape index (κ2) is 7.59. The monoisotopic (exact) mass is 379 g/mol. The average Bonchev–Trinajstić information content (AvgIpc) is 3.00. The SMILES string of the molecule is CC(=O)c1ccc(NC(=O)C(C)n2nc(-n3nc(C)cc3C)ccc2=O)cc1. The Morgan fingerprint density at radius 1 is 1.04 bits per heavy atom. The molecule has 0 radical (unpaired) electrons. The van der Waals surface area contributed by atoms with E-state index >= 15 is 0 Å². The second-order valence-electron chi connectivity index (χ2n) is 6.61. The van der Waals surface area contributed by atoms with Gasteiger partial charge in [-0.2, -0.15) is 5.10 Å². The number of carbonyl (C=O) groups excluding carboxylic acids is 2. The molecular formula is C20H21N5O3. The average molecular weight is 379 g/mol. The molecule has 1 aromatic carbocycles. The van der Waals surface area contributed by atoms with Crippen molar-refractivity contribution in [2.45, 2.75) is 33.7 Å². The third kappa shape index (κ3) is 3.90. The molecule has 28 heavy (non-hydrogen) atoms. The molecule has 1 N–H and O–H groups in total. The number of rotatable bonds is 5. The van der Waals surface area contributed by atoms with Crippen molar-refractivity contribution in [1.29, 1.82) is 0 Å². The molecule has 8 heteroatoms. The normalized spacial score (nSPS) is 11.9. The predicted molar refractivity (Wildman–Crippen MR) is 105 cm³/mol. The van der Waals surface area contributed by atoms with Gasteiger partial charge in [-0.3, -0.25) is 14.4 Å². The molecule has 0 aliphatic heterocycles. The highest BCUT2D eigenvalue weighted by molar-refractivity contribution is 5.96. The molecule has 3 rings (SSSR count). The number of benzene rings is 1. The van der Waals surface area contributed by atoms with Gasteiger partial charge in [0.25, 0.3) is 5.56 Å². The molecule has 0 aliphatic rings. The lowest BCUT2D eigenvalue weighted by Gasteiger charge is -2.15. The van der Waals surface area contributed by atoms with Crippen LogP contribution in [0.1, 0.15) is 41.6 Å². The molecule has 0 aliphatic carbocycles. The van der Waals surface area contributed by atoms with Crippen LogP contribution in [-0.2, 0) is 4.79 Å². The van der Waals surface area contributed by atoms with Crippen LogP contribution in [0.2, 0.25) is 0 Å². The highest BCUT2D eigenvalue weighted by atomic mass is 16.2. The first-order valence-corrected chi connectivity index (χ1v) is 8.81. The Bertz CT molecular complexity index is 1100. The van der Waals surface area contributed by atoms with Gasteiger partial charge in [0.2, 0.25) is 5.91 Å². The number of carbonyl (C=O) groups is 2. The van der Waals surface area contributed by atoms with Crippen molar-refractivity contribution < 1.29 is 9.59 Å². The number of Topliss-reactive ketones (excluding diaryl/α,β-unsaturated/α-hetero) is 1. The Morgan fingerprint density at radius 3 is 2.29 bits per heavy atom. The zero-order chi connectivity index (χ0) is 20.4. The van der Waals surface area contributed by atoms with Crippen LogP contribution in [0.3, 0.4) is 0 Å². The van der Waals surface area contributed by atoms with Gasteiger partial charge in [-0.15, -0.1) is 5.10 Å². The van der Waals surface area contributed by atoms with Crippen LogP contribution in [0.15, 0.2) is 47.3 Å². The van der Waals surface area contributed by atoms with Crippen LogP contribution < -0.4 is 10.9 Å². The number of aryl methyl sites for hydroxylation is 2. The molecule has 0 saturated heterocycles. The van der Waals surface area contributed by atoms with Crippen LogP contribution >= 0.6 is 0 Å². The fraction of sp³-hybridized carbons (Fsp3) is 0.250. The van der Waals surface area contributed by atoms with E-state index in [2.05, 4.69) is 15.5 Å². The lowest BCUT2D eigenvalue weighted by Crippen LogP contribution is -2.33. The maximum absolute atomic E-state index is 12.6. The highest BCUT2D eigenvalue weighted by Gasteiger charge is 2.19. The van der Waals surface area contributed by atoms with Gasteiger partial charge in [-0.05, 0) is 64.1 Å². The fourth-order valence-electron chi connectivity index (χ4n) is 2.81. The first kappa shape index (κ1) is 19.2. The number of hydrogen-bond donors (Lipinski definition) is 1. The van der Waals surface area contributed by atoms with E-state index in [0.717, 1.165) is 16.1 Å². The number of nitrogens with one attached hydrogen (secondary N) is 1. The second-order valence-corrected chi connectivity index (χ2v) is 6.61. The standard InChI is InChI=1S/C20H21N5O3/c1-12-11-13(2)24(22-12)18-9-10-19(27)25(23-18)14(3)20(28)21-17-7-5-16(6-8-17)15(4)26/h5-11,14H,1-4H3,(H,21,28). The van der Waals surface area contributed by atoms with E-state index in [0.29, 0.717) is 17.1 Å². The molecule has 144 valence electrons. The first-order valence-electron chi connectivity index (χ1n) is 8.81. The lowest BCUT2D eigenvalue weighted by molar-refractivity contribution is -0.119. The van der Waals surface area contributed by atoms with Crippen molar-refractivity contribution in [3.05, 3.63) is 69.8 Å². The molecule has 1 amide bonds. The van der Waals surface area contributed by atoms with Crippen molar-refractivity contribution in [3.63, 3.8) is 0 Å². The van der Waals surface area contributed by atoms with E-state index < -0.39 is 11.9 Å². The topological polar surface area (TPSA) is 98.9 Å². The van der Waals surface area contributed by atoms with E-state index in [1.807, 2.05) is 19.9 Å². The zero-order valence-corrected chi connectivity index (χ0v) is 16.1. The number of hydrogen-bond acceptors (Lipinski definition) is 5. The number of ketones is 1. The van der Waals surface area contributed by atoms with Crippen LogP contribution in [0.4, 0.5) is 5.69 Å². The first-order chi connectivity index (χ1) is 13.3. The van der Waals surface area contributed by atoms with Gasteiger partial charge in [0, 0.05) is 23.0 Å². The maximum Gasteiger partial charge on any atom is 0.267 e. The Hall–Kier alpha value is -3.55. The Kier molecular flexibility index (Phi) is 5.21. The minimum Gasteiger partial charge on any atom is -0.324 e. The van der Waals surface area contributed by atoms with Crippen molar-refractivity contribution in [1.82, 2.24) is 19.6 Å². The van der Waals surface area contributed by atoms with E-state index in [9.17, 15) is 14.4 Å². The predicted octanol–water partition coefficient (Wildman–Crippen LogP) is 2.45. The molecule has 0 saturated carbocycles. The Morgan fingerprint density at radius 2 is 1.71 bits per heavy atom. The van der Waals surface area contributed by atoms with Gasteiger partial charge < -0.3 is 5.32 Å². The number of amides is 1. The third-order valence-electron chi connectivity index (χ3n) is 4.34. The molecule has 0 spiro atoms. The van der Waals surface area contributed by atoms with Gasteiger partial charge in [0.15, 0.2) is 11.6 Å². The van der Waals surface area contributed by atoms with Crippen LogP contribution in [0.25, 0.3) is 5.82 Å². The summed E-state index contributed by atoms with van der Waals surface area (Å²) >= 11 is 0. The summed E-state index contributed by atoms with van der Waals surface area (Å²) in [4.78, 5) is 36.2. The molecule has 3 aromatic rings. The third-order valence-corrected chi connectivity index (χ3v) is 4.34. The summed E-state index contributed by atoms with van der Waals surface area (Å²) in [5.74, 6) is 0.00863. The summed E-state index contributed by atoms with van der Waals surface area (Å²) in [6.07, 6.45) is 0. The molecule has 1 unspecified atom stereocenters. The Balaban J connectivity index is 1.85. The summed E-state index contributed by atoms with van der Waals surface area (Å²) in [6, 6.07) is 10.6. The van der Waals surface area contributed by atoms with Crippen LogP contribution in [-0.4, -0.2) is 31.3 Å². The van der Waals surface area contributed by atoms with Gasteiger partial charge >= 0.3 is 0 Å². The summed E-state index contributed by atoms with van der Waals surface area (Å²) in [6.45, 7) is 6.83. The largest absolute Gasteiger partial charge is 0.324 e. The minimum absolute atomic E-state index is 0.0528. The maximum atomic E-state index is 12.6. The van der Waals surface area contributed by atoms with Crippen molar-refractivity contribution in [2.24, 2.45) is 0 Å². The van der Waals surface area contributed by atoms with Crippen LogP contribution in [0.5, 0.6) is 0 Å². The minimum atomic E-state index is -0.836. The van der Waals surface area contributed by atoms with Crippen molar-refractivity contribution >= 4 is 17.4 Å². The smallest absolute Gasteiger partial charge is 0.267 e. The zero-order valence-electron chi connectivity index (χ0n) is 16.1. The number of aromatic nitrogens is 4. The lowest BCUT2D eigenvalue weighted by atomic mass is 10.1. The molecule has 1 atom stereocenters. The molecule has 2 heterocycles. The Labute approximate surface area is 161 Å². The van der Waals surface area contributed by atoms with Crippen LogP contribution in [0, 0.1) is 13.8 Å². The van der Waals surface area contributed by atoms with E-state index in [-0.39, 0.29) is 11.3 Å². The number of nitrogens with zero attached hydrogens (tertiary/aromatic N) is 4. The van der Waals surface area contributed by atoms with Crippen molar-refractivity contribution in [2.75, 3.05) is 5.32 Å². The summed E-state index contributed by atoms with van der Waals surface area (Å²) in [5, 5.41) is 11.4. The fourth-order valence-corrected chi connectivity index (χ4v) is 2.81. The van der Waals surface area contributed by atoms with E-state index in [1.54, 1.807) is 41.9 Å². The number of anilines is 1. The van der Waals surface area contributed by atoms with E-state index in [4.69, 9.17) is 0 Å². The quantitative estimate of drug-likeness (QED) is 0.687. The molecule has 0 fully saturated rings. The summed E-state index contributed by atoms with van der Waals surface area (Å²) < 4.78 is 2.75. The van der Waals surface area contributed by atoms with Crippen molar-refractivity contribution in [3.8, 4) is 5.82 Å². The molecule has 8 nitrogen and oxygen atoms in total. The summed E-state index contributed by atoms with van der Waals surface area (Å²) in [5.41, 5.74) is 2.40. The van der Waals surface area contributed by atoms with Gasteiger partial charge in [-0.1, -0.05) is 0 Å². The summed E-state index contributed by atoms with van der Waals surface area (Å²) in [7, 11) is 0. The van der Waals surface area contributed by atoms with E-state index in [1.165, 1.54) is 13.0 Å². The molecule has 0 bridgehead atoms. The molecule has 2 aromatic heterocycles. The van der Waals surface area contributed by atoms with Gasteiger partial charge in [0.1, 0.15) is 6.04 Å².